The number of hydrogen-bond acceptors (Lipinski definition) is 5. The number of amides is 5. The van der Waals surface area contributed by atoms with Crippen LogP contribution < -0.4 is 21.7 Å². The summed E-state index contributed by atoms with van der Waals surface area (Å²) >= 11 is 12.9. The molecule has 1 heterocycles. The minimum absolute atomic E-state index is 0.0605. The first kappa shape index (κ1) is 28.0. The van der Waals surface area contributed by atoms with E-state index < -0.39 is 57.5 Å². The van der Waals surface area contributed by atoms with Crippen LogP contribution in [-0.2, 0) is 19.2 Å². The van der Waals surface area contributed by atoms with Gasteiger partial charge >= 0.3 is 6.03 Å². The SMILES string of the molecule is CC(C)(C)NC(=O)N[C@H](C(=O)N1CC2C([C@H]1C(=O)NC(CC1CC1)C(=O)C(N)=O)C2(Cl)Cl)C1CCCC1. The molecule has 0 spiro atoms. The molecule has 4 aliphatic rings. The van der Waals surface area contributed by atoms with Gasteiger partial charge in [0.15, 0.2) is 0 Å². The van der Waals surface area contributed by atoms with Gasteiger partial charge < -0.3 is 26.6 Å². The Morgan fingerprint density at radius 1 is 1.03 bits per heavy atom. The summed E-state index contributed by atoms with van der Waals surface area (Å²) in [5.41, 5.74) is 4.73. The summed E-state index contributed by atoms with van der Waals surface area (Å²) in [6, 6.07) is -3.35. The topological polar surface area (TPSA) is 151 Å². The number of nitrogens with one attached hydrogen (secondary N) is 3. The normalized spacial score (nSPS) is 28.1. The summed E-state index contributed by atoms with van der Waals surface area (Å²) in [6.07, 6.45) is 5.62. The molecule has 206 valence electrons. The summed E-state index contributed by atoms with van der Waals surface area (Å²) in [5, 5.41) is 8.36. The van der Waals surface area contributed by atoms with Gasteiger partial charge in [0.2, 0.25) is 17.6 Å². The molecule has 4 fully saturated rings. The lowest BCUT2D eigenvalue weighted by Gasteiger charge is -2.35. The van der Waals surface area contributed by atoms with Crippen LogP contribution in [0.3, 0.4) is 0 Å². The Balaban J connectivity index is 1.54. The van der Waals surface area contributed by atoms with E-state index in [1.165, 1.54) is 4.90 Å². The standard InChI is InChI=1S/C25H37Cl2N5O5/c1-24(2,3)31-23(37)30-17(13-6-4-5-7-13)22(36)32-11-14-16(25(14,26)27)18(32)21(35)29-15(10-12-8-9-12)19(33)20(28)34/h12-18H,4-11H2,1-3H3,(H2,28,34)(H,29,35)(H2,30,31,37)/t14?,15?,16?,17-,18-/m0/s1. The monoisotopic (exact) mass is 557 g/mol. The molecule has 1 saturated heterocycles. The highest BCUT2D eigenvalue weighted by molar-refractivity contribution is 6.51. The minimum atomic E-state index is -1.17. The van der Waals surface area contributed by atoms with Gasteiger partial charge in [-0.05, 0) is 51.9 Å². The van der Waals surface area contributed by atoms with Gasteiger partial charge in [0.1, 0.15) is 16.4 Å². The van der Waals surface area contributed by atoms with Crippen LogP contribution in [0.25, 0.3) is 0 Å². The molecule has 5 amide bonds. The Morgan fingerprint density at radius 2 is 1.65 bits per heavy atom. The summed E-state index contributed by atoms with van der Waals surface area (Å²) < 4.78 is -1.17. The third kappa shape index (κ3) is 6.16. The minimum Gasteiger partial charge on any atom is -0.363 e. The zero-order valence-corrected chi connectivity index (χ0v) is 23.0. The molecule has 0 aromatic carbocycles. The number of carbonyl (C=O) groups is 5. The third-order valence-electron chi connectivity index (χ3n) is 7.94. The van der Waals surface area contributed by atoms with E-state index in [1.807, 2.05) is 20.8 Å². The van der Waals surface area contributed by atoms with Crippen LogP contribution in [0.15, 0.2) is 0 Å². The highest BCUT2D eigenvalue weighted by atomic mass is 35.5. The van der Waals surface area contributed by atoms with Gasteiger partial charge in [0.05, 0.1) is 6.04 Å². The van der Waals surface area contributed by atoms with Crippen molar-refractivity contribution in [2.75, 3.05) is 6.54 Å². The molecule has 0 aromatic rings. The lowest BCUT2D eigenvalue weighted by molar-refractivity contribution is -0.143. The van der Waals surface area contributed by atoms with E-state index in [0.29, 0.717) is 6.42 Å². The van der Waals surface area contributed by atoms with Crippen LogP contribution in [0.1, 0.15) is 65.7 Å². The number of alkyl halides is 2. The molecule has 0 radical (unpaired) electrons. The number of halogens is 2. The van der Waals surface area contributed by atoms with E-state index in [-0.39, 0.29) is 30.2 Å². The van der Waals surface area contributed by atoms with Crippen molar-refractivity contribution in [1.82, 2.24) is 20.9 Å². The van der Waals surface area contributed by atoms with E-state index in [4.69, 9.17) is 28.9 Å². The Kier molecular flexibility index (Phi) is 7.74. The van der Waals surface area contributed by atoms with E-state index in [1.54, 1.807) is 0 Å². The number of nitrogens with two attached hydrogens (primary N) is 1. The van der Waals surface area contributed by atoms with Crippen LogP contribution >= 0.6 is 23.2 Å². The number of primary amides is 1. The van der Waals surface area contributed by atoms with E-state index in [9.17, 15) is 24.0 Å². The van der Waals surface area contributed by atoms with Crippen molar-refractivity contribution < 1.29 is 24.0 Å². The smallest absolute Gasteiger partial charge is 0.315 e. The van der Waals surface area contributed by atoms with E-state index in [2.05, 4.69) is 16.0 Å². The Bertz CT molecular complexity index is 973. The Labute approximate surface area is 227 Å². The fraction of sp³-hybridized carbons (Fsp3) is 0.800. The fourth-order valence-corrected chi connectivity index (χ4v) is 6.68. The second-order valence-corrected chi connectivity index (χ2v) is 13.5. The van der Waals surface area contributed by atoms with Crippen molar-refractivity contribution in [3.63, 3.8) is 0 Å². The van der Waals surface area contributed by atoms with Crippen molar-refractivity contribution >= 4 is 52.7 Å². The molecule has 0 bridgehead atoms. The molecular formula is C25H37Cl2N5O5. The number of urea groups is 1. The molecule has 3 unspecified atom stereocenters. The summed E-state index contributed by atoms with van der Waals surface area (Å²) in [6.45, 7) is 5.70. The van der Waals surface area contributed by atoms with Crippen molar-refractivity contribution in [3.05, 3.63) is 0 Å². The van der Waals surface area contributed by atoms with Crippen molar-refractivity contribution in [2.24, 2.45) is 29.4 Å². The zero-order valence-electron chi connectivity index (χ0n) is 21.5. The highest BCUT2D eigenvalue weighted by Crippen LogP contribution is 2.65. The van der Waals surface area contributed by atoms with Gasteiger partial charge in [0, 0.05) is 23.9 Å². The molecule has 1 aliphatic heterocycles. The van der Waals surface area contributed by atoms with Crippen molar-refractivity contribution in [3.8, 4) is 0 Å². The quantitative estimate of drug-likeness (QED) is 0.251. The van der Waals surface area contributed by atoms with Crippen LogP contribution in [-0.4, -0.2) is 69.0 Å². The number of carbonyl (C=O) groups excluding carboxylic acids is 5. The van der Waals surface area contributed by atoms with Gasteiger partial charge in [-0.15, -0.1) is 23.2 Å². The average Bonchev–Trinajstić information content (AvgIpc) is 3.49. The average molecular weight is 559 g/mol. The lowest BCUT2D eigenvalue weighted by Crippen LogP contribution is -2.61. The largest absolute Gasteiger partial charge is 0.363 e. The maximum absolute atomic E-state index is 13.9. The predicted octanol–water partition coefficient (Wildman–Crippen LogP) is 1.61. The summed E-state index contributed by atoms with van der Waals surface area (Å²) in [5.74, 6) is -3.59. The Morgan fingerprint density at radius 3 is 2.19 bits per heavy atom. The van der Waals surface area contributed by atoms with Crippen molar-refractivity contribution in [1.29, 1.82) is 0 Å². The van der Waals surface area contributed by atoms with E-state index in [0.717, 1.165) is 38.5 Å². The van der Waals surface area contributed by atoms with Crippen LogP contribution in [0.5, 0.6) is 0 Å². The number of piperidine rings is 1. The van der Waals surface area contributed by atoms with Crippen LogP contribution in [0, 0.1) is 23.7 Å². The molecule has 4 rings (SSSR count). The maximum atomic E-state index is 13.9. The summed E-state index contributed by atoms with van der Waals surface area (Å²) in [4.78, 5) is 65.7. The number of rotatable bonds is 9. The molecule has 0 aromatic heterocycles. The predicted molar refractivity (Wildman–Crippen MR) is 138 cm³/mol. The molecule has 5 atom stereocenters. The maximum Gasteiger partial charge on any atom is 0.315 e. The number of fused-ring (bicyclic) bond motifs is 1. The molecule has 37 heavy (non-hydrogen) atoms. The van der Waals surface area contributed by atoms with E-state index >= 15 is 0 Å². The molecule has 10 nitrogen and oxygen atoms in total. The molecule has 5 N–H and O–H groups in total. The first-order valence-electron chi connectivity index (χ1n) is 13.1. The van der Waals surface area contributed by atoms with Gasteiger partial charge in [-0.2, -0.15) is 0 Å². The van der Waals surface area contributed by atoms with Crippen molar-refractivity contribution in [2.45, 2.75) is 93.7 Å². The number of nitrogens with zero attached hydrogens (tertiary/aromatic N) is 1. The molecular weight excluding hydrogens is 521 g/mol. The number of Topliss-reactive ketones (excluding diaryl/α,β-unsaturated/α-hetero) is 1. The summed E-state index contributed by atoms with van der Waals surface area (Å²) in [7, 11) is 0. The number of likely N-dealkylation sites (tertiary alicyclic amines) is 1. The van der Waals surface area contributed by atoms with Crippen LogP contribution in [0.4, 0.5) is 4.79 Å². The van der Waals surface area contributed by atoms with Gasteiger partial charge in [-0.3, -0.25) is 19.2 Å². The van der Waals surface area contributed by atoms with Gasteiger partial charge in [0.25, 0.3) is 5.91 Å². The first-order valence-corrected chi connectivity index (χ1v) is 13.9. The fourth-order valence-electron chi connectivity index (χ4n) is 5.85. The second-order valence-electron chi connectivity index (χ2n) is 12.1. The highest BCUT2D eigenvalue weighted by Gasteiger charge is 2.74. The zero-order chi connectivity index (χ0) is 27.3. The molecule has 12 heteroatoms. The molecule has 3 aliphatic carbocycles. The molecule has 3 saturated carbocycles. The van der Waals surface area contributed by atoms with Gasteiger partial charge in [-0.25, -0.2) is 4.79 Å². The lowest BCUT2D eigenvalue weighted by atomic mass is 9.96. The number of hydrogen-bond donors (Lipinski definition) is 4. The second kappa shape index (κ2) is 10.2. The van der Waals surface area contributed by atoms with Crippen LogP contribution in [0.2, 0.25) is 0 Å². The third-order valence-corrected chi connectivity index (χ3v) is 9.00. The Hall–Kier alpha value is -2.07. The van der Waals surface area contributed by atoms with Gasteiger partial charge in [-0.1, -0.05) is 25.7 Å². The number of ketones is 1. The first-order chi connectivity index (χ1) is 17.2.